The zero-order chi connectivity index (χ0) is 14.4. The lowest BCUT2D eigenvalue weighted by Crippen LogP contribution is -2.51. The quantitative estimate of drug-likeness (QED) is 0.787. The van der Waals surface area contributed by atoms with Crippen molar-refractivity contribution >= 4 is 22.0 Å². The highest BCUT2D eigenvalue weighted by Gasteiger charge is 2.41. The lowest BCUT2D eigenvalue weighted by Gasteiger charge is -2.43. The van der Waals surface area contributed by atoms with Gasteiger partial charge in [0.1, 0.15) is 5.60 Å². The van der Waals surface area contributed by atoms with Gasteiger partial charge in [-0.1, -0.05) is 0 Å². The number of carbonyl (C=O) groups is 1. The molecule has 19 heavy (non-hydrogen) atoms. The molecule has 0 unspecified atom stereocenters. The van der Waals surface area contributed by atoms with Gasteiger partial charge < -0.3 is 9.72 Å². The molecule has 0 atom stereocenters. The van der Waals surface area contributed by atoms with Gasteiger partial charge in [0.2, 0.25) is 0 Å². The Kier molecular flexibility index (Phi) is 3.45. The van der Waals surface area contributed by atoms with Crippen LogP contribution in [0.3, 0.4) is 0 Å². The van der Waals surface area contributed by atoms with Crippen molar-refractivity contribution in [1.29, 1.82) is 0 Å². The molecule has 2 rings (SSSR count). The van der Waals surface area contributed by atoms with Crippen molar-refractivity contribution < 1.29 is 9.53 Å². The summed E-state index contributed by atoms with van der Waals surface area (Å²) in [5.41, 5.74) is 1.48. The lowest BCUT2D eigenvalue weighted by atomic mass is 9.88. The van der Waals surface area contributed by atoms with Gasteiger partial charge in [-0.2, -0.15) is 0 Å². The number of rotatable bonds is 0. The summed E-state index contributed by atoms with van der Waals surface area (Å²) in [6, 6.07) is 0. The van der Waals surface area contributed by atoms with Crippen LogP contribution in [0.1, 0.15) is 45.9 Å². The molecular formula is C14H21BrN2O2. The number of nitrogens with one attached hydrogen (secondary N) is 1. The van der Waals surface area contributed by atoms with Crippen LogP contribution in [-0.4, -0.2) is 28.1 Å². The Morgan fingerprint density at radius 1 is 1.47 bits per heavy atom. The fourth-order valence-electron chi connectivity index (χ4n) is 2.57. The van der Waals surface area contributed by atoms with E-state index in [2.05, 4.69) is 20.9 Å². The van der Waals surface area contributed by atoms with E-state index in [-0.39, 0.29) is 11.6 Å². The first-order valence-corrected chi connectivity index (χ1v) is 7.29. The minimum Gasteiger partial charge on any atom is -0.444 e. The smallest absolute Gasteiger partial charge is 0.411 e. The monoisotopic (exact) mass is 328 g/mol. The molecule has 0 saturated carbocycles. The van der Waals surface area contributed by atoms with Crippen LogP contribution < -0.4 is 0 Å². The summed E-state index contributed by atoms with van der Waals surface area (Å²) >= 11 is 3.56. The van der Waals surface area contributed by atoms with Crippen LogP contribution in [0.25, 0.3) is 0 Å². The number of carbonyl (C=O) groups excluding carboxylic acids is 1. The Labute approximate surface area is 122 Å². The van der Waals surface area contributed by atoms with E-state index in [1.54, 1.807) is 4.90 Å². The third-order valence-corrected chi connectivity index (χ3v) is 4.03. The highest BCUT2D eigenvalue weighted by Crippen LogP contribution is 2.40. The molecule has 0 saturated heterocycles. The van der Waals surface area contributed by atoms with Crippen LogP contribution in [0.2, 0.25) is 0 Å². The molecule has 106 valence electrons. The summed E-state index contributed by atoms with van der Waals surface area (Å²) in [6.45, 7) is 10.4. The second kappa shape index (κ2) is 4.54. The molecule has 0 fully saturated rings. The third kappa shape index (κ3) is 2.66. The van der Waals surface area contributed by atoms with Crippen LogP contribution in [0, 0.1) is 0 Å². The first-order chi connectivity index (χ1) is 8.63. The van der Waals surface area contributed by atoms with Gasteiger partial charge in [-0.05, 0) is 50.5 Å². The molecule has 0 aromatic carbocycles. The van der Waals surface area contributed by atoms with Gasteiger partial charge in [-0.15, -0.1) is 0 Å². The number of fused-ring (bicyclic) bond motifs is 1. The van der Waals surface area contributed by atoms with E-state index >= 15 is 0 Å². The molecule has 1 aromatic heterocycles. The van der Waals surface area contributed by atoms with E-state index in [0.29, 0.717) is 6.54 Å². The molecule has 0 bridgehead atoms. The number of amides is 1. The Morgan fingerprint density at radius 3 is 2.68 bits per heavy atom. The number of H-pyrrole nitrogens is 1. The molecule has 0 radical (unpaired) electrons. The lowest BCUT2D eigenvalue weighted by molar-refractivity contribution is -0.000504. The van der Waals surface area contributed by atoms with Gasteiger partial charge in [-0.25, -0.2) is 4.79 Å². The van der Waals surface area contributed by atoms with Crippen molar-refractivity contribution in [3.05, 3.63) is 21.9 Å². The number of halogens is 1. The number of aromatic amines is 1. The maximum atomic E-state index is 12.4. The molecule has 1 aliphatic rings. The molecule has 1 aromatic rings. The molecule has 5 heteroatoms. The van der Waals surface area contributed by atoms with E-state index in [4.69, 9.17) is 4.74 Å². The van der Waals surface area contributed by atoms with Crippen molar-refractivity contribution in [2.75, 3.05) is 6.54 Å². The summed E-state index contributed by atoms with van der Waals surface area (Å²) in [5, 5.41) is 0. The Balaban J connectivity index is 2.31. The zero-order valence-electron chi connectivity index (χ0n) is 12.1. The second-order valence-corrected chi connectivity index (χ2v) is 7.29. The number of hydrogen-bond donors (Lipinski definition) is 1. The van der Waals surface area contributed by atoms with Crippen LogP contribution >= 0.6 is 15.9 Å². The van der Waals surface area contributed by atoms with E-state index in [1.807, 2.05) is 40.8 Å². The number of aromatic nitrogens is 1. The van der Waals surface area contributed by atoms with Gasteiger partial charge in [0, 0.05) is 34.9 Å². The topological polar surface area (TPSA) is 45.3 Å². The molecule has 0 aliphatic carbocycles. The summed E-state index contributed by atoms with van der Waals surface area (Å²) in [6.07, 6.45) is 2.51. The van der Waals surface area contributed by atoms with Crippen LogP contribution in [-0.2, 0) is 16.7 Å². The molecule has 4 nitrogen and oxygen atoms in total. The molecule has 2 heterocycles. The largest absolute Gasteiger partial charge is 0.444 e. The predicted molar refractivity (Wildman–Crippen MR) is 78.2 cm³/mol. The fraction of sp³-hybridized carbons (Fsp3) is 0.643. The second-order valence-electron chi connectivity index (χ2n) is 6.43. The SMILES string of the molecule is CC(C)(C)OC(=O)N1CCc2[nH]cc(Br)c2C1(C)C. The van der Waals surface area contributed by atoms with Crippen LogP contribution in [0.5, 0.6) is 0 Å². The van der Waals surface area contributed by atoms with E-state index in [0.717, 1.165) is 16.5 Å². The van der Waals surface area contributed by atoms with Crippen molar-refractivity contribution in [2.45, 2.75) is 52.2 Å². The van der Waals surface area contributed by atoms with E-state index in [1.165, 1.54) is 5.69 Å². The first-order valence-electron chi connectivity index (χ1n) is 6.50. The highest BCUT2D eigenvalue weighted by atomic mass is 79.9. The minimum absolute atomic E-state index is 0.253. The molecule has 1 aliphatic heterocycles. The number of hydrogen-bond acceptors (Lipinski definition) is 2. The normalized spacial score (nSPS) is 18.1. The van der Waals surface area contributed by atoms with Crippen molar-refractivity contribution in [2.24, 2.45) is 0 Å². The summed E-state index contributed by atoms with van der Waals surface area (Å²) < 4.78 is 6.52. The maximum Gasteiger partial charge on any atom is 0.411 e. The van der Waals surface area contributed by atoms with E-state index in [9.17, 15) is 4.79 Å². The van der Waals surface area contributed by atoms with Crippen molar-refractivity contribution in [3.63, 3.8) is 0 Å². The van der Waals surface area contributed by atoms with Crippen LogP contribution in [0.15, 0.2) is 10.7 Å². The van der Waals surface area contributed by atoms with Gasteiger partial charge in [0.05, 0.1) is 5.54 Å². The summed E-state index contributed by atoms with van der Waals surface area (Å²) in [5.74, 6) is 0. The summed E-state index contributed by atoms with van der Waals surface area (Å²) in [4.78, 5) is 17.4. The van der Waals surface area contributed by atoms with Gasteiger partial charge in [-0.3, -0.25) is 4.90 Å². The predicted octanol–water partition coefficient (Wildman–Crippen LogP) is 3.81. The average Bonchev–Trinajstić information content (AvgIpc) is 2.57. The Bertz CT molecular complexity index is 500. The molecular weight excluding hydrogens is 308 g/mol. The number of nitrogens with zero attached hydrogens (tertiary/aromatic N) is 1. The van der Waals surface area contributed by atoms with Gasteiger partial charge in [0.25, 0.3) is 0 Å². The summed E-state index contributed by atoms with van der Waals surface area (Å²) in [7, 11) is 0. The number of ether oxygens (including phenoxy) is 1. The molecule has 1 amide bonds. The average molecular weight is 329 g/mol. The molecule has 0 spiro atoms. The Morgan fingerprint density at radius 2 is 2.11 bits per heavy atom. The highest BCUT2D eigenvalue weighted by molar-refractivity contribution is 9.10. The maximum absolute atomic E-state index is 12.4. The van der Waals surface area contributed by atoms with Crippen molar-refractivity contribution in [3.8, 4) is 0 Å². The van der Waals surface area contributed by atoms with E-state index < -0.39 is 5.60 Å². The van der Waals surface area contributed by atoms with Crippen molar-refractivity contribution in [1.82, 2.24) is 9.88 Å². The van der Waals surface area contributed by atoms with Gasteiger partial charge >= 0.3 is 6.09 Å². The fourth-order valence-corrected chi connectivity index (χ4v) is 3.41. The molecule has 1 N–H and O–H groups in total. The first kappa shape index (κ1) is 14.4. The zero-order valence-corrected chi connectivity index (χ0v) is 13.7. The Hall–Kier alpha value is -0.970. The standard InChI is InChI=1S/C14H21BrN2O2/c1-13(2,3)19-12(18)17-7-6-10-11(14(17,4)5)9(15)8-16-10/h8,16H,6-7H2,1-5H3. The third-order valence-electron chi connectivity index (χ3n) is 3.40. The van der Waals surface area contributed by atoms with Crippen LogP contribution in [0.4, 0.5) is 4.79 Å². The minimum atomic E-state index is -0.469. The van der Waals surface area contributed by atoms with Gasteiger partial charge in [0.15, 0.2) is 0 Å².